The van der Waals surface area contributed by atoms with Gasteiger partial charge < -0.3 is 4.74 Å². The maximum absolute atomic E-state index is 5.38. The van der Waals surface area contributed by atoms with Gasteiger partial charge in [-0.2, -0.15) is 0 Å². The summed E-state index contributed by atoms with van der Waals surface area (Å²) in [4.78, 5) is 9.14. The summed E-state index contributed by atoms with van der Waals surface area (Å²) in [6.07, 6.45) is 1.86. The Kier molecular flexibility index (Phi) is 4.51. The minimum absolute atomic E-state index is 0.0363. The molecular weight excluding hydrogens is 248 g/mol. The van der Waals surface area contributed by atoms with E-state index in [9.17, 15) is 0 Å². The normalized spacial score (nSPS) is 13.1. The van der Waals surface area contributed by atoms with Crippen molar-refractivity contribution in [3.05, 3.63) is 59.4 Å². The largest absolute Gasteiger partial charge is 0.496 e. The zero-order valence-corrected chi connectivity index (χ0v) is 12.4. The van der Waals surface area contributed by atoms with Crippen LogP contribution < -0.4 is 4.74 Å². The van der Waals surface area contributed by atoms with Gasteiger partial charge in [-0.25, -0.2) is 0 Å². The maximum atomic E-state index is 5.38. The lowest BCUT2D eigenvalue weighted by Crippen LogP contribution is -2.02. The first-order chi connectivity index (χ1) is 9.61. The van der Waals surface area contributed by atoms with Crippen LogP contribution in [0.2, 0.25) is 0 Å². The van der Waals surface area contributed by atoms with E-state index in [2.05, 4.69) is 18.0 Å². The van der Waals surface area contributed by atoms with Crippen LogP contribution in [0.25, 0.3) is 0 Å². The molecule has 0 bridgehead atoms. The van der Waals surface area contributed by atoms with Crippen LogP contribution in [-0.4, -0.2) is 17.8 Å². The van der Waals surface area contributed by atoms with Crippen LogP contribution in [0.15, 0.2) is 47.6 Å². The van der Waals surface area contributed by atoms with Crippen LogP contribution >= 0.6 is 0 Å². The van der Waals surface area contributed by atoms with Crippen LogP contribution in [-0.2, 0) is 0 Å². The van der Waals surface area contributed by atoms with E-state index < -0.39 is 0 Å². The Morgan fingerprint density at radius 3 is 2.60 bits per heavy atom. The van der Waals surface area contributed by atoms with Crippen molar-refractivity contribution in [2.45, 2.75) is 26.8 Å². The number of aliphatic imine (C=N–C) groups is 1. The van der Waals surface area contributed by atoms with Crippen LogP contribution in [0.4, 0.5) is 0 Å². The number of nitrogens with zero attached hydrogens (tertiary/aromatic N) is 2. The van der Waals surface area contributed by atoms with Crippen molar-refractivity contribution in [3.63, 3.8) is 0 Å². The molecule has 0 saturated carbocycles. The molecule has 3 heteroatoms. The van der Waals surface area contributed by atoms with Crippen molar-refractivity contribution in [2.75, 3.05) is 7.11 Å². The molecule has 0 aliphatic heterocycles. The van der Waals surface area contributed by atoms with Crippen molar-refractivity contribution >= 4 is 5.71 Å². The number of ether oxygens (including phenoxy) is 1. The summed E-state index contributed by atoms with van der Waals surface area (Å²) in [5.41, 5.74) is 4.08. The minimum Gasteiger partial charge on any atom is -0.496 e. The second kappa shape index (κ2) is 6.33. The molecule has 1 atom stereocenters. The van der Waals surface area contributed by atoms with E-state index in [1.54, 1.807) is 7.11 Å². The Hall–Kier alpha value is -2.16. The zero-order valence-electron chi connectivity index (χ0n) is 12.4. The predicted molar refractivity (Wildman–Crippen MR) is 82.6 cm³/mol. The smallest absolute Gasteiger partial charge is 0.124 e. The number of aryl methyl sites for hydroxylation is 1. The molecule has 20 heavy (non-hydrogen) atoms. The fourth-order valence-corrected chi connectivity index (χ4v) is 2.12. The molecule has 0 radical (unpaired) electrons. The molecule has 0 fully saturated rings. The molecule has 0 aliphatic carbocycles. The molecule has 2 aromatic rings. The average Bonchev–Trinajstić information content (AvgIpc) is 2.47. The Bertz CT molecular complexity index is 603. The molecule has 0 spiro atoms. The number of aromatic nitrogens is 1. The maximum Gasteiger partial charge on any atom is 0.124 e. The highest BCUT2D eigenvalue weighted by Gasteiger charge is 2.10. The zero-order chi connectivity index (χ0) is 14.5. The fraction of sp³-hybridized carbons (Fsp3) is 0.294. The summed E-state index contributed by atoms with van der Waals surface area (Å²) in [7, 11) is 1.68. The van der Waals surface area contributed by atoms with Crippen LogP contribution in [0.5, 0.6) is 5.75 Å². The number of hydrogen-bond acceptors (Lipinski definition) is 3. The summed E-state index contributed by atoms with van der Waals surface area (Å²) >= 11 is 0. The fourth-order valence-electron chi connectivity index (χ4n) is 2.12. The lowest BCUT2D eigenvalue weighted by molar-refractivity contribution is 0.407. The van der Waals surface area contributed by atoms with Crippen molar-refractivity contribution in [2.24, 2.45) is 4.99 Å². The average molecular weight is 268 g/mol. The standard InChI is InChI=1S/C17H20N2O/c1-12-9-10-16(18-11-12)14(3)19-13(2)15-7-5-6-8-17(15)20-4/h5-11,13H,1-4H3. The molecule has 1 aromatic carbocycles. The molecule has 1 heterocycles. The first kappa shape index (κ1) is 14.3. The van der Waals surface area contributed by atoms with Gasteiger partial charge in [0.2, 0.25) is 0 Å². The quantitative estimate of drug-likeness (QED) is 0.786. The summed E-state index contributed by atoms with van der Waals surface area (Å²) < 4.78 is 5.38. The van der Waals surface area contributed by atoms with E-state index >= 15 is 0 Å². The second-order valence-electron chi connectivity index (χ2n) is 4.85. The van der Waals surface area contributed by atoms with Gasteiger partial charge in [0.1, 0.15) is 5.75 Å². The lowest BCUT2D eigenvalue weighted by Gasteiger charge is -2.13. The number of pyridine rings is 1. The molecule has 104 valence electrons. The first-order valence-corrected chi connectivity index (χ1v) is 6.72. The molecule has 0 N–H and O–H groups in total. The molecule has 3 nitrogen and oxygen atoms in total. The van der Waals surface area contributed by atoms with Gasteiger partial charge in [0, 0.05) is 11.8 Å². The third kappa shape index (κ3) is 3.23. The van der Waals surface area contributed by atoms with E-state index in [-0.39, 0.29) is 6.04 Å². The summed E-state index contributed by atoms with van der Waals surface area (Å²) in [6.45, 7) is 6.08. The summed E-state index contributed by atoms with van der Waals surface area (Å²) in [5, 5.41) is 0. The third-order valence-corrected chi connectivity index (χ3v) is 3.26. The van der Waals surface area contributed by atoms with E-state index in [4.69, 9.17) is 9.73 Å². The molecule has 0 saturated heterocycles. The van der Waals surface area contributed by atoms with Crippen molar-refractivity contribution in [1.29, 1.82) is 0 Å². The number of benzene rings is 1. The first-order valence-electron chi connectivity index (χ1n) is 6.72. The SMILES string of the molecule is COc1ccccc1C(C)N=C(C)c1ccc(C)cn1. The van der Waals surface area contributed by atoms with Gasteiger partial charge in [-0.1, -0.05) is 24.3 Å². The van der Waals surface area contributed by atoms with Gasteiger partial charge in [0.15, 0.2) is 0 Å². The highest BCUT2D eigenvalue weighted by Crippen LogP contribution is 2.27. The topological polar surface area (TPSA) is 34.5 Å². The summed E-state index contributed by atoms with van der Waals surface area (Å²) in [6, 6.07) is 12.1. The summed E-state index contributed by atoms with van der Waals surface area (Å²) in [5.74, 6) is 0.869. The van der Waals surface area contributed by atoms with Crippen LogP contribution in [0.1, 0.15) is 36.7 Å². The van der Waals surface area contributed by atoms with E-state index in [1.807, 2.05) is 50.4 Å². The van der Waals surface area contributed by atoms with Crippen molar-refractivity contribution in [1.82, 2.24) is 4.98 Å². The lowest BCUT2D eigenvalue weighted by atomic mass is 10.1. The number of para-hydroxylation sites is 1. The third-order valence-electron chi connectivity index (χ3n) is 3.26. The number of methoxy groups -OCH3 is 1. The molecule has 1 aromatic heterocycles. The molecule has 2 rings (SSSR count). The Morgan fingerprint density at radius 1 is 1.20 bits per heavy atom. The van der Waals surface area contributed by atoms with E-state index in [0.29, 0.717) is 0 Å². The molecule has 0 aliphatic rings. The molecular formula is C17H20N2O. The number of rotatable bonds is 4. The van der Waals surface area contributed by atoms with Gasteiger partial charge in [-0.15, -0.1) is 0 Å². The predicted octanol–water partition coefficient (Wildman–Crippen LogP) is 3.97. The van der Waals surface area contributed by atoms with Crippen molar-refractivity contribution in [3.8, 4) is 5.75 Å². The van der Waals surface area contributed by atoms with Gasteiger partial charge in [-0.3, -0.25) is 9.98 Å². The van der Waals surface area contributed by atoms with Crippen LogP contribution in [0, 0.1) is 6.92 Å². The van der Waals surface area contributed by atoms with E-state index in [0.717, 1.165) is 28.3 Å². The van der Waals surface area contributed by atoms with E-state index in [1.165, 1.54) is 0 Å². The minimum atomic E-state index is 0.0363. The van der Waals surface area contributed by atoms with Crippen molar-refractivity contribution < 1.29 is 4.74 Å². The van der Waals surface area contributed by atoms with Crippen LogP contribution in [0.3, 0.4) is 0 Å². The highest BCUT2D eigenvalue weighted by atomic mass is 16.5. The van der Waals surface area contributed by atoms with Gasteiger partial charge in [-0.05, 0) is 38.5 Å². The van der Waals surface area contributed by atoms with Gasteiger partial charge >= 0.3 is 0 Å². The van der Waals surface area contributed by atoms with Gasteiger partial charge in [0.25, 0.3) is 0 Å². The monoisotopic (exact) mass is 268 g/mol. The van der Waals surface area contributed by atoms with Gasteiger partial charge in [0.05, 0.1) is 24.6 Å². The Labute approximate surface area is 120 Å². The molecule has 1 unspecified atom stereocenters. The highest BCUT2D eigenvalue weighted by molar-refractivity contribution is 5.97. The Balaban J connectivity index is 2.27. The number of hydrogen-bond donors (Lipinski definition) is 0. The molecule has 0 amide bonds. The Morgan fingerprint density at radius 2 is 1.95 bits per heavy atom. The second-order valence-corrected chi connectivity index (χ2v) is 4.85.